The highest BCUT2D eigenvalue weighted by atomic mass is 31.2. The normalized spacial score (nSPS) is 11.5. The van der Waals surface area contributed by atoms with Crippen molar-refractivity contribution in [2.24, 2.45) is 0 Å². The first-order chi connectivity index (χ1) is 15.3. The quantitative estimate of drug-likeness (QED) is 0.422. The molecule has 0 radical (unpaired) electrons. The molecule has 0 aliphatic heterocycles. The van der Waals surface area contributed by atoms with Gasteiger partial charge in [0.05, 0.1) is 18.8 Å². The Morgan fingerprint density at radius 2 is 1.09 bits per heavy atom. The second kappa shape index (κ2) is 10.0. The van der Waals surface area contributed by atoms with E-state index in [1.165, 1.54) is 7.11 Å². The van der Waals surface area contributed by atoms with Crippen molar-refractivity contribution < 1.29 is 19.1 Å². The topological polar surface area (TPSA) is 52.6 Å². The lowest BCUT2D eigenvalue weighted by Crippen LogP contribution is -2.38. The molecule has 0 bridgehead atoms. The van der Waals surface area contributed by atoms with Gasteiger partial charge in [0.25, 0.3) is 0 Å². The van der Waals surface area contributed by atoms with E-state index in [0.717, 1.165) is 15.9 Å². The minimum atomic E-state index is -2.73. The molecule has 0 N–H and O–H groups in total. The lowest BCUT2D eigenvalue weighted by Gasteiger charge is -2.33. The summed E-state index contributed by atoms with van der Waals surface area (Å²) in [6.07, 6.45) is -0.155. The van der Waals surface area contributed by atoms with Gasteiger partial charge >= 0.3 is 11.9 Å². The number of carbonyl (C=O) groups excluding carboxylic acids is 2. The van der Waals surface area contributed by atoms with Crippen molar-refractivity contribution in [3.8, 4) is 0 Å². The summed E-state index contributed by atoms with van der Waals surface area (Å²) in [4.78, 5) is 26.3. The highest BCUT2D eigenvalue weighted by Gasteiger charge is 2.36. The average Bonchev–Trinajstić information content (AvgIpc) is 2.79. The molecular formula is C27H29O4P. The Morgan fingerprint density at radius 3 is 1.41 bits per heavy atom. The first-order valence-electron chi connectivity index (χ1n) is 10.5. The van der Waals surface area contributed by atoms with E-state index >= 15 is 0 Å². The molecule has 0 heterocycles. The lowest BCUT2D eigenvalue weighted by molar-refractivity contribution is -0.147. The molecule has 4 nitrogen and oxygen atoms in total. The van der Waals surface area contributed by atoms with Gasteiger partial charge in [-0.25, -0.2) is 4.79 Å². The van der Waals surface area contributed by atoms with Crippen molar-refractivity contribution >= 4 is 40.0 Å². The third-order valence-corrected chi connectivity index (χ3v) is 9.38. The van der Waals surface area contributed by atoms with Gasteiger partial charge in [-0.3, -0.25) is 4.79 Å². The van der Waals surface area contributed by atoms with E-state index in [0.29, 0.717) is 5.29 Å². The third-order valence-electron chi connectivity index (χ3n) is 5.01. The minimum absolute atomic E-state index is 0.155. The number of hydrogen-bond acceptors (Lipinski definition) is 4. The van der Waals surface area contributed by atoms with Gasteiger partial charge in [-0.1, -0.05) is 91.0 Å². The van der Waals surface area contributed by atoms with E-state index < -0.39 is 24.4 Å². The third kappa shape index (κ3) is 5.03. The van der Waals surface area contributed by atoms with Crippen LogP contribution in [-0.4, -0.2) is 29.9 Å². The predicted molar refractivity (Wildman–Crippen MR) is 133 cm³/mol. The van der Waals surface area contributed by atoms with E-state index in [1.54, 1.807) is 0 Å². The molecule has 0 unspecified atom stereocenters. The second-order valence-corrected chi connectivity index (χ2v) is 11.8. The maximum absolute atomic E-state index is 13.7. The molecule has 5 heteroatoms. The molecule has 0 fully saturated rings. The predicted octanol–water partition coefficient (Wildman–Crippen LogP) is 4.06. The number of rotatable bonds is 6. The molecular weight excluding hydrogens is 419 g/mol. The number of methoxy groups -OCH3 is 1. The monoisotopic (exact) mass is 448 g/mol. The first-order valence-corrected chi connectivity index (χ1v) is 12.3. The van der Waals surface area contributed by atoms with E-state index in [1.807, 2.05) is 112 Å². The summed E-state index contributed by atoms with van der Waals surface area (Å²) in [7, 11) is 1.34. The van der Waals surface area contributed by atoms with Crippen LogP contribution in [0.1, 0.15) is 27.2 Å². The van der Waals surface area contributed by atoms with E-state index in [9.17, 15) is 9.59 Å². The van der Waals surface area contributed by atoms with Crippen LogP contribution in [0.2, 0.25) is 0 Å². The number of benzene rings is 3. The fraction of sp³-hybridized carbons (Fsp3) is 0.222. The Labute approximate surface area is 190 Å². The van der Waals surface area contributed by atoms with Crippen LogP contribution >= 0.6 is 6.89 Å². The van der Waals surface area contributed by atoms with Crippen LogP contribution in [0, 0.1) is 0 Å². The highest BCUT2D eigenvalue weighted by molar-refractivity contribution is 7.96. The Kier molecular flexibility index (Phi) is 7.37. The number of hydrogen-bond donors (Lipinski definition) is 0. The van der Waals surface area contributed by atoms with Crippen molar-refractivity contribution in [3.05, 3.63) is 91.0 Å². The van der Waals surface area contributed by atoms with E-state index in [-0.39, 0.29) is 6.42 Å². The van der Waals surface area contributed by atoms with Crippen molar-refractivity contribution in [1.29, 1.82) is 0 Å². The van der Waals surface area contributed by atoms with Crippen LogP contribution in [0.15, 0.2) is 91.0 Å². The summed E-state index contributed by atoms with van der Waals surface area (Å²) in [5.74, 6) is -0.953. The standard InChI is InChI=1S/C27H29O4P/c1-27(2,3)31-26(29)24(20-25(28)30-4)32(21-14-8-5-9-15-21,22-16-10-6-11-17-22)23-18-12-7-13-19-23/h5-19H,20H2,1-4H3. The smallest absolute Gasteiger partial charge is 0.336 e. The van der Waals surface area contributed by atoms with Crippen molar-refractivity contribution in [3.63, 3.8) is 0 Å². The van der Waals surface area contributed by atoms with Crippen LogP contribution in [-0.2, 0) is 19.1 Å². The molecule has 0 saturated heterocycles. The van der Waals surface area contributed by atoms with Crippen LogP contribution in [0.3, 0.4) is 0 Å². The van der Waals surface area contributed by atoms with Gasteiger partial charge in [0, 0.05) is 0 Å². The maximum atomic E-state index is 13.7. The van der Waals surface area contributed by atoms with Gasteiger partial charge in [0.15, 0.2) is 0 Å². The number of carbonyl (C=O) groups is 2. The molecule has 0 aliphatic rings. The lowest BCUT2D eigenvalue weighted by atomic mass is 10.2. The Hall–Kier alpha value is -3.10. The maximum Gasteiger partial charge on any atom is 0.336 e. The summed E-state index contributed by atoms with van der Waals surface area (Å²) in [6.45, 7) is 2.75. The fourth-order valence-corrected chi connectivity index (χ4v) is 8.12. The van der Waals surface area contributed by atoms with Crippen LogP contribution < -0.4 is 15.9 Å². The molecule has 3 aromatic carbocycles. The summed E-state index contributed by atoms with van der Waals surface area (Å²) in [5.41, 5.74) is -0.710. The molecule has 166 valence electrons. The summed E-state index contributed by atoms with van der Waals surface area (Å²) in [6, 6.07) is 29.7. The largest absolute Gasteiger partial charge is 0.469 e. The fourth-order valence-electron chi connectivity index (χ4n) is 3.74. The molecule has 0 spiro atoms. The summed E-state index contributed by atoms with van der Waals surface area (Å²) >= 11 is 0. The van der Waals surface area contributed by atoms with Crippen molar-refractivity contribution in [2.45, 2.75) is 32.8 Å². The van der Waals surface area contributed by atoms with Gasteiger partial charge in [0.1, 0.15) is 5.60 Å². The van der Waals surface area contributed by atoms with Gasteiger partial charge in [-0.05, 0) is 43.6 Å². The second-order valence-electron chi connectivity index (χ2n) is 8.38. The van der Waals surface area contributed by atoms with E-state index in [2.05, 4.69) is 0 Å². The van der Waals surface area contributed by atoms with Gasteiger partial charge in [-0.2, -0.15) is 0 Å². The molecule has 32 heavy (non-hydrogen) atoms. The zero-order valence-electron chi connectivity index (χ0n) is 18.9. The van der Waals surface area contributed by atoms with Gasteiger partial charge in [0.2, 0.25) is 0 Å². The molecule has 0 saturated carbocycles. The molecule has 3 aromatic rings. The Morgan fingerprint density at radius 1 is 0.719 bits per heavy atom. The molecule has 3 rings (SSSR count). The molecule has 0 aromatic heterocycles. The molecule has 0 amide bonds. The van der Waals surface area contributed by atoms with Crippen molar-refractivity contribution in [2.75, 3.05) is 7.11 Å². The summed E-state index contributed by atoms with van der Waals surface area (Å²) < 4.78 is 10.9. The Balaban J connectivity index is 2.55. The Bertz CT molecular complexity index is 1010. The molecule has 0 aliphatic carbocycles. The number of esters is 2. The van der Waals surface area contributed by atoms with Crippen LogP contribution in [0.4, 0.5) is 0 Å². The summed E-state index contributed by atoms with van der Waals surface area (Å²) in [5, 5.41) is 3.34. The number of ether oxygens (including phenoxy) is 2. The minimum Gasteiger partial charge on any atom is -0.469 e. The first kappa shape index (κ1) is 23.6. The van der Waals surface area contributed by atoms with Gasteiger partial charge in [-0.15, -0.1) is 0 Å². The average molecular weight is 448 g/mol. The molecule has 0 atom stereocenters. The van der Waals surface area contributed by atoms with Crippen LogP contribution in [0.5, 0.6) is 0 Å². The SMILES string of the molecule is COC(=O)CC(C(=O)OC(C)(C)C)=P(c1ccccc1)(c1ccccc1)c1ccccc1. The van der Waals surface area contributed by atoms with Gasteiger partial charge < -0.3 is 9.47 Å². The zero-order valence-corrected chi connectivity index (χ0v) is 19.8. The van der Waals surface area contributed by atoms with E-state index in [4.69, 9.17) is 9.47 Å². The highest BCUT2D eigenvalue weighted by Crippen LogP contribution is 2.47. The van der Waals surface area contributed by atoms with Crippen molar-refractivity contribution in [1.82, 2.24) is 0 Å². The zero-order chi connectivity index (χ0) is 23.2. The van der Waals surface area contributed by atoms with Crippen LogP contribution in [0.25, 0.3) is 0 Å².